The fraction of sp³-hybridized carbons (Fsp3) is 0.933. The molecule has 3 unspecified atom stereocenters. The van der Waals surface area contributed by atoms with E-state index < -0.39 is 0 Å². The van der Waals surface area contributed by atoms with Gasteiger partial charge in [-0.15, -0.1) is 0 Å². The minimum absolute atomic E-state index is 0.0266. The van der Waals surface area contributed by atoms with E-state index in [1.54, 1.807) is 7.11 Å². The summed E-state index contributed by atoms with van der Waals surface area (Å²) in [6.45, 7) is 6.53. The minimum Gasteiger partial charge on any atom is -0.383 e. The molecule has 0 aromatic heterocycles. The summed E-state index contributed by atoms with van der Waals surface area (Å²) in [5.74, 6) is 0.846. The molecule has 2 rings (SSSR count). The highest BCUT2D eigenvalue weighted by Crippen LogP contribution is 2.29. The third kappa shape index (κ3) is 3.93. The number of carbonyl (C=O) groups is 1. The Hall–Kier alpha value is -0.650. The summed E-state index contributed by atoms with van der Waals surface area (Å²) in [7, 11) is 1.65. The summed E-state index contributed by atoms with van der Waals surface area (Å²) in [4.78, 5) is 14.6. The quantitative estimate of drug-likeness (QED) is 0.701. The van der Waals surface area contributed by atoms with Crippen molar-refractivity contribution in [2.45, 2.75) is 44.7 Å². The van der Waals surface area contributed by atoms with Crippen LogP contribution in [0.4, 0.5) is 0 Å². The number of piperidine rings is 1. The molecule has 3 atom stereocenters. The van der Waals surface area contributed by atoms with Gasteiger partial charge in [0.1, 0.15) is 0 Å². The second-order valence-corrected chi connectivity index (χ2v) is 6.01. The number of nitrogens with zero attached hydrogens (tertiary/aromatic N) is 1. The number of nitrogens with one attached hydrogen (secondary N) is 2. The second-order valence-electron chi connectivity index (χ2n) is 6.01. The van der Waals surface area contributed by atoms with Crippen LogP contribution in [0.3, 0.4) is 0 Å². The summed E-state index contributed by atoms with van der Waals surface area (Å²) in [6, 6.07) is 0.548. The molecule has 2 saturated heterocycles. The first-order chi connectivity index (χ1) is 9.74. The van der Waals surface area contributed by atoms with Crippen LogP contribution >= 0.6 is 0 Å². The van der Waals surface area contributed by atoms with E-state index in [9.17, 15) is 4.79 Å². The predicted molar refractivity (Wildman–Crippen MR) is 79.7 cm³/mol. The molecule has 2 N–H and O–H groups in total. The molecule has 1 amide bonds. The van der Waals surface area contributed by atoms with Crippen LogP contribution in [0.1, 0.15) is 32.6 Å². The molecule has 0 spiro atoms. The van der Waals surface area contributed by atoms with Crippen LogP contribution in [0.15, 0.2) is 0 Å². The summed E-state index contributed by atoms with van der Waals surface area (Å²) in [5, 5.41) is 6.46. The molecule has 0 bridgehead atoms. The molecule has 2 aliphatic rings. The first kappa shape index (κ1) is 15.7. The topological polar surface area (TPSA) is 53.6 Å². The van der Waals surface area contributed by atoms with Gasteiger partial charge in [0.05, 0.1) is 12.6 Å². The van der Waals surface area contributed by atoms with Crippen LogP contribution in [0.25, 0.3) is 0 Å². The lowest BCUT2D eigenvalue weighted by Crippen LogP contribution is -2.51. The van der Waals surface area contributed by atoms with Crippen LogP contribution in [-0.4, -0.2) is 62.8 Å². The highest BCUT2D eigenvalue weighted by Gasteiger charge is 2.36. The van der Waals surface area contributed by atoms with E-state index in [-0.39, 0.29) is 11.9 Å². The third-order valence-corrected chi connectivity index (χ3v) is 4.70. The third-order valence-electron chi connectivity index (χ3n) is 4.70. The number of amides is 1. The van der Waals surface area contributed by atoms with Crippen molar-refractivity contribution in [1.29, 1.82) is 0 Å². The zero-order chi connectivity index (χ0) is 14.4. The Balaban J connectivity index is 1.86. The number of likely N-dealkylation sites (tertiary alicyclic amines) is 1. The molecule has 2 heterocycles. The number of methoxy groups -OCH3 is 1. The van der Waals surface area contributed by atoms with E-state index in [4.69, 9.17) is 4.74 Å². The van der Waals surface area contributed by atoms with Crippen molar-refractivity contribution >= 4 is 5.91 Å². The normalized spacial score (nSPS) is 29.3. The van der Waals surface area contributed by atoms with Crippen molar-refractivity contribution in [3.63, 3.8) is 0 Å². The Morgan fingerprint density at radius 2 is 2.30 bits per heavy atom. The lowest BCUT2D eigenvalue weighted by molar-refractivity contribution is -0.126. The predicted octanol–water partition coefficient (Wildman–Crippen LogP) is 0.602. The van der Waals surface area contributed by atoms with Crippen LogP contribution < -0.4 is 10.6 Å². The summed E-state index contributed by atoms with van der Waals surface area (Å²) < 4.78 is 4.98. The fourth-order valence-corrected chi connectivity index (χ4v) is 3.58. The zero-order valence-corrected chi connectivity index (χ0v) is 12.9. The number of carbonyl (C=O) groups excluding carboxylic acids is 1. The van der Waals surface area contributed by atoms with Crippen molar-refractivity contribution in [2.75, 3.05) is 39.9 Å². The van der Waals surface area contributed by atoms with Crippen molar-refractivity contribution < 1.29 is 9.53 Å². The molecule has 20 heavy (non-hydrogen) atoms. The van der Waals surface area contributed by atoms with Crippen LogP contribution in [0.5, 0.6) is 0 Å². The maximum atomic E-state index is 12.2. The SMILES string of the molecule is COCCNC(=O)C(C)N1CCCC1C1CCCNC1. The van der Waals surface area contributed by atoms with Crippen molar-refractivity contribution in [2.24, 2.45) is 5.92 Å². The highest BCUT2D eigenvalue weighted by molar-refractivity contribution is 5.81. The van der Waals surface area contributed by atoms with E-state index in [1.807, 2.05) is 6.92 Å². The zero-order valence-electron chi connectivity index (χ0n) is 12.9. The van der Waals surface area contributed by atoms with E-state index in [0.29, 0.717) is 25.1 Å². The van der Waals surface area contributed by atoms with Gasteiger partial charge in [-0.2, -0.15) is 0 Å². The number of hydrogen-bond donors (Lipinski definition) is 2. The Labute approximate surface area is 122 Å². The molecular weight excluding hydrogens is 254 g/mol. The lowest BCUT2D eigenvalue weighted by atomic mass is 9.89. The van der Waals surface area contributed by atoms with Gasteiger partial charge >= 0.3 is 0 Å². The monoisotopic (exact) mass is 283 g/mol. The Bertz CT molecular complexity index is 305. The molecule has 2 aliphatic heterocycles. The van der Waals surface area contributed by atoms with Gasteiger partial charge in [-0.05, 0) is 58.2 Å². The van der Waals surface area contributed by atoms with Gasteiger partial charge < -0.3 is 15.4 Å². The largest absolute Gasteiger partial charge is 0.383 e. The first-order valence-electron chi connectivity index (χ1n) is 7.97. The van der Waals surface area contributed by atoms with Gasteiger partial charge in [0.2, 0.25) is 5.91 Å². The number of ether oxygens (including phenoxy) is 1. The molecule has 5 heteroatoms. The molecule has 0 aromatic carbocycles. The molecular formula is C15H29N3O2. The number of rotatable bonds is 6. The summed E-state index contributed by atoms with van der Waals surface area (Å²) in [6.07, 6.45) is 5.02. The lowest BCUT2D eigenvalue weighted by Gasteiger charge is -2.37. The van der Waals surface area contributed by atoms with Gasteiger partial charge in [0, 0.05) is 19.7 Å². The van der Waals surface area contributed by atoms with Crippen LogP contribution in [0.2, 0.25) is 0 Å². The molecule has 0 radical (unpaired) electrons. The minimum atomic E-state index is -0.0266. The van der Waals surface area contributed by atoms with Crippen LogP contribution in [0, 0.1) is 5.92 Å². The van der Waals surface area contributed by atoms with Crippen LogP contribution in [-0.2, 0) is 9.53 Å². The van der Waals surface area contributed by atoms with Crippen molar-refractivity contribution in [3.8, 4) is 0 Å². The van der Waals surface area contributed by atoms with E-state index in [0.717, 1.165) is 19.6 Å². The van der Waals surface area contributed by atoms with E-state index >= 15 is 0 Å². The molecule has 0 saturated carbocycles. The van der Waals surface area contributed by atoms with Crippen molar-refractivity contribution in [1.82, 2.24) is 15.5 Å². The Morgan fingerprint density at radius 1 is 1.45 bits per heavy atom. The van der Waals surface area contributed by atoms with Gasteiger partial charge in [0.25, 0.3) is 0 Å². The fourth-order valence-electron chi connectivity index (χ4n) is 3.58. The average molecular weight is 283 g/mol. The van der Waals surface area contributed by atoms with Gasteiger partial charge in [-0.3, -0.25) is 9.69 Å². The second kappa shape index (κ2) is 7.96. The van der Waals surface area contributed by atoms with Crippen molar-refractivity contribution in [3.05, 3.63) is 0 Å². The summed E-state index contributed by atoms with van der Waals surface area (Å²) >= 11 is 0. The highest BCUT2D eigenvalue weighted by atomic mass is 16.5. The molecule has 0 aromatic rings. The standard InChI is InChI=1S/C15H29N3O2/c1-12(15(19)17-8-10-20-2)18-9-4-6-14(18)13-5-3-7-16-11-13/h12-14,16H,3-11H2,1-2H3,(H,17,19). The molecule has 2 fully saturated rings. The van der Waals surface area contributed by atoms with Gasteiger partial charge in [0.15, 0.2) is 0 Å². The van der Waals surface area contributed by atoms with E-state index in [2.05, 4.69) is 15.5 Å². The van der Waals surface area contributed by atoms with E-state index in [1.165, 1.54) is 25.7 Å². The maximum absolute atomic E-state index is 12.2. The molecule has 5 nitrogen and oxygen atoms in total. The first-order valence-corrected chi connectivity index (χ1v) is 7.97. The van der Waals surface area contributed by atoms with Gasteiger partial charge in [-0.1, -0.05) is 0 Å². The smallest absolute Gasteiger partial charge is 0.237 e. The molecule has 0 aliphatic carbocycles. The maximum Gasteiger partial charge on any atom is 0.237 e. The number of hydrogen-bond acceptors (Lipinski definition) is 4. The Kier molecular flexibility index (Phi) is 6.26. The average Bonchev–Trinajstić information content (AvgIpc) is 2.97. The Morgan fingerprint density at radius 3 is 3.00 bits per heavy atom. The molecule has 116 valence electrons. The van der Waals surface area contributed by atoms with Gasteiger partial charge in [-0.25, -0.2) is 0 Å². The summed E-state index contributed by atoms with van der Waals surface area (Å²) in [5.41, 5.74) is 0.